The van der Waals surface area contributed by atoms with Crippen molar-refractivity contribution in [1.82, 2.24) is 0 Å². The molecule has 4 rings (SSSR count). The van der Waals surface area contributed by atoms with E-state index in [0.29, 0.717) is 21.4 Å². The van der Waals surface area contributed by atoms with Crippen LogP contribution in [0.15, 0.2) is 62.9 Å². The molecule has 0 saturated carbocycles. The normalized spacial score (nSPS) is 16.1. The summed E-state index contributed by atoms with van der Waals surface area (Å²) >= 11 is 4.72. The fraction of sp³-hybridized carbons (Fsp3) is 0.185. The van der Waals surface area contributed by atoms with E-state index in [1.807, 2.05) is 57.2 Å². The van der Waals surface area contributed by atoms with Gasteiger partial charge in [0, 0.05) is 10.0 Å². The number of methoxy groups -OCH3 is 1. The maximum Gasteiger partial charge on any atom is 0.271 e. The van der Waals surface area contributed by atoms with Gasteiger partial charge < -0.3 is 9.84 Å². The summed E-state index contributed by atoms with van der Waals surface area (Å²) < 4.78 is 5.99. The quantitative estimate of drug-likeness (QED) is 0.358. The summed E-state index contributed by atoms with van der Waals surface area (Å²) in [7, 11) is 1.49. The van der Waals surface area contributed by atoms with Crippen LogP contribution in [-0.2, 0) is 4.79 Å². The Hall–Kier alpha value is -3.03. The van der Waals surface area contributed by atoms with E-state index in [0.717, 1.165) is 32.5 Å². The number of phenolic OH excluding ortho intramolecular Hbond substituents is 1. The number of amides is 1. The van der Waals surface area contributed by atoms with E-state index >= 15 is 0 Å². The monoisotopic (exact) mass is 536 g/mol. The smallest absolute Gasteiger partial charge is 0.271 e. The van der Waals surface area contributed by atoms with Crippen LogP contribution in [0, 0.1) is 27.7 Å². The highest BCUT2D eigenvalue weighted by Gasteiger charge is 2.35. The molecule has 174 valence electrons. The third-order valence-corrected chi connectivity index (χ3v) is 7.27. The molecule has 7 heteroatoms. The van der Waals surface area contributed by atoms with Crippen molar-refractivity contribution in [2.45, 2.75) is 27.7 Å². The average Bonchev–Trinajstić information content (AvgIpc) is 3.09. The number of phenols is 1. The summed E-state index contributed by atoms with van der Waals surface area (Å²) in [6.07, 6.45) is 1.67. The van der Waals surface area contributed by atoms with Gasteiger partial charge in [-0.05, 0) is 104 Å². The van der Waals surface area contributed by atoms with Crippen LogP contribution in [0.3, 0.4) is 0 Å². The fourth-order valence-electron chi connectivity index (χ4n) is 3.55. The van der Waals surface area contributed by atoms with Gasteiger partial charge in [-0.3, -0.25) is 9.69 Å². The molecule has 1 N–H and O–H groups in total. The number of carbonyl (C=O) groups excluding carboxylic acids is 1. The van der Waals surface area contributed by atoms with Gasteiger partial charge in [-0.15, -0.1) is 0 Å². The molecule has 0 atom stereocenters. The largest absolute Gasteiger partial charge is 0.504 e. The maximum atomic E-state index is 13.6. The summed E-state index contributed by atoms with van der Waals surface area (Å²) in [5, 5.41) is 11.2. The number of halogens is 1. The lowest BCUT2D eigenvalue weighted by Crippen LogP contribution is -2.28. The van der Waals surface area contributed by atoms with Crippen molar-refractivity contribution in [3.05, 3.63) is 85.7 Å². The van der Waals surface area contributed by atoms with Gasteiger partial charge in [-0.25, -0.2) is 4.99 Å². The summed E-state index contributed by atoms with van der Waals surface area (Å²) in [5.74, 6) is 0.102. The molecule has 1 aliphatic heterocycles. The molecular formula is C27H25BrN2O3S. The van der Waals surface area contributed by atoms with Crippen molar-refractivity contribution < 1.29 is 14.6 Å². The van der Waals surface area contributed by atoms with E-state index in [9.17, 15) is 9.90 Å². The number of aryl methyl sites for hydroxylation is 4. The lowest BCUT2D eigenvalue weighted by Gasteiger charge is -2.17. The molecule has 3 aromatic carbocycles. The topological polar surface area (TPSA) is 62.1 Å². The van der Waals surface area contributed by atoms with Crippen LogP contribution < -0.4 is 9.64 Å². The Kier molecular flexibility index (Phi) is 6.86. The Labute approximate surface area is 212 Å². The van der Waals surface area contributed by atoms with E-state index in [1.165, 1.54) is 24.4 Å². The van der Waals surface area contributed by atoms with Crippen LogP contribution in [0.4, 0.5) is 11.4 Å². The third-order valence-electron chi connectivity index (χ3n) is 5.85. The van der Waals surface area contributed by atoms with Crippen LogP contribution >= 0.6 is 27.7 Å². The number of amidine groups is 1. The lowest BCUT2D eigenvalue weighted by molar-refractivity contribution is -0.113. The van der Waals surface area contributed by atoms with E-state index in [1.54, 1.807) is 23.1 Å². The molecular weight excluding hydrogens is 512 g/mol. The zero-order valence-electron chi connectivity index (χ0n) is 19.6. The summed E-state index contributed by atoms with van der Waals surface area (Å²) in [6.45, 7) is 8.16. The van der Waals surface area contributed by atoms with Gasteiger partial charge in [-0.1, -0.05) is 28.1 Å². The first-order valence-corrected chi connectivity index (χ1v) is 12.3. The van der Waals surface area contributed by atoms with Gasteiger partial charge in [0.1, 0.15) is 0 Å². The SMILES string of the molecule is COc1cc(Br)cc(/C=C2/SC(=Nc3ccc(C)c(C)c3)N(c3ccc(C)c(C)c3)C2=O)c1O. The summed E-state index contributed by atoms with van der Waals surface area (Å²) in [4.78, 5) is 20.5. The van der Waals surface area contributed by atoms with Gasteiger partial charge in [0.25, 0.3) is 5.91 Å². The first-order valence-electron chi connectivity index (χ1n) is 10.7. The summed E-state index contributed by atoms with van der Waals surface area (Å²) in [5.41, 5.74) is 6.57. The number of aliphatic imine (C=N–C) groups is 1. The predicted octanol–water partition coefficient (Wildman–Crippen LogP) is 7.21. The molecule has 1 amide bonds. The number of nitrogens with zero attached hydrogens (tertiary/aromatic N) is 2. The van der Waals surface area contributed by atoms with Crippen molar-refractivity contribution in [2.75, 3.05) is 12.0 Å². The number of ether oxygens (including phenoxy) is 1. The molecule has 3 aromatic rings. The molecule has 0 radical (unpaired) electrons. The minimum absolute atomic E-state index is 0.0242. The molecule has 5 nitrogen and oxygen atoms in total. The minimum atomic E-state index is -0.200. The Balaban J connectivity index is 1.84. The number of carbonyl (C=O) groups is 1. The Morgan fingerprint density at radius 3 is 2.29 bits per heavy atom. The first kappa shape index (κ1) is 24.1. The van der Waals surface area contributed by atoms with Gasteiger partial charge in [-0.2, -0.15) is 0 Å². The Bertz CT molecular complexity index is 1360. The molecule has 0 aromatic heterocycles. The van der Waals surface area contributed by atoms with Gasteiger partial charge >= 0.3 is 0 Å². The number of thioether (sulfide) groups is 1. The highest BCUT2D eigenvalue weighted by atomic mass is 79.9. The van der Waals surface area contributed by atoms with Gasteiger partial charge in [0.05, 0.1) is 23.4 Å². The van der Waals surface area contributed by atoms with Crippen molar-refractivity contribution in [3.63, 3.8) is 0 Å². The van der Waals surface area contributed by atoms with E-state index in [4.69, 9.17) is 9.73 Å². The summed E-state index contributed by atoms with van der Waals surface area (Å²) in [6, 6.07) is 15.3. The second kappa shape index (κ2) is 9.68. The standard InChI is InChI=1S/C27H25BrN2O3S/c1-15-6-8-21(10-17(15)3)29-27-30(22-9-7-16(2)18(4)11-22)26(32)24(34-27)13-19-12-20(28)14-23(33-5)25(19)31/h6-14,31H,1-5H3/b24-13+,29-27?. The van der Waals surface area contributed by atoms with Crippen LogP contribution in [-0.4, -0.2) is 23.3 Å². The number of benzene rings is 3. The van der Waals surface area contributed by atoms with Crippen molar-refractivity contribution in [1.29, 1.82) is 0 Å². The Morgan fingerprint density at radius 2 is 1.65 bits per heavy atom. The highest BCUT2D eigenvalue weighted by molar-refractivity contribution is 9.10. The zero-order chi connectivity index (χ0) is 24.6. The second-order valence-corrected chi connectivity index (χ2v) is 10.2. The predicted molar refractivity (Wildman–Crippen MR) is 144 cm³/mol. The van der Waals surface area contributed by atoms with E-state index < -0.39 is 0 Å². The molecule has 0 spiro atoms. The van der Waals surface area contributed by atoms with Crippen molar-refractivity contribution in [3.8, 4) is 11.5 Å². The molecule has 1 aliphatic rings. The number of hydrogen-bond donors (Lipinski definition) is 1. The lowest BCUT2D eigenvalue weighted by atomic mass is 10.1. The number of hydrogen-bond acceptors (Lipinski definition) is 5. The van der Waals surface area contributed by atoms with Crippen LogP contribution in [0.5, 0.6) is 11.5 Å². The van der Waals surface area contributed by atoms with Crippen LogP contribution in [0.25, 0.3) is 6.08 Å². The zero-order valence-corrected chi connectivity index (χ0v) is 22.0. The molecule has 1 fully saturated rings. The molecule has 34 heavy (non-hydrogen) atoms. The Morgan fingerprint density at radius 1 is 0.971 bits per heavy atom. The second-order valence-electron chi connectivity index (χ2n) is 8.23. The minimum Gasteiger partial charge on any atom is -0.504 e. The molecule has 0 aliphatic carbocycles. The fourth-order valence-corrected chi connectivity index (χ4v) is 4.99. The highest BCUT2D eigenvalue weighted by Crippen LogP contribution is 2.41. The number of rotatable bonds is 4. The maximum absolute atomic E-state index is 13.6. The molecule has 1 saturated heterocycles. The number of anilines is 1. The van der Waals surface area contributed by atoms with Gasteiger partial charge in [0.2, 0.25) is 0 Å². The van der Waals surface area contributed by atoms with Crippen LogP contribution in [0.2, 0.25) is 0 Å². The third kappa shape index (κ3) is 4.76. The molecule has 1 heterocycles. The molecule has 0 bridgehead atoms. The first-order chi connectivity index (χ1) is 16.2. The number of aromatic hydroxyl groups is 1. The van der Waals surface area contributed by atoms with Gasteiger partial charge in [0.15, 0.2) is 16.7 Å². The van der Waals surface area contributed by atoms with E-state index in [2.05, 4.69) is 22.9 Å². The van der Waals surface area contributed by atoms with Crippen molar-refractivity contribution in [2.24, 2.45) is 4.99 Å². The van der Waals surface area contributed by atoms with Crippen LogP contribution in [0.1, 0.15) is 27.8 Å². The van der Waals surface area contributed by atoms with Crippen molar-refractivity contribution >= 4 is 56.2 Å². The van der Waals surface area contributed by atoms with E-state index in [-0.39, 0.29) is 11.7 Å². The average molecular weight is 537 g/mol. The molecule has 0 unspecified atom stereocenters.